The summed E-state index contributed by atoms with van der Waals surface area (Å²) in [4.78, 5) is 41.2. The standard InChI is InChI=1S/C17H14N2O6S/c1-18(26(23,24)12-7-3-2-4-8-12)11-15(20)25-19-16(21)13-9-5-6-10-14(13)17(19)22/h2-10H,11H2,1H3. The number of benzene rings is 2. The second kappa shape index (κ2) is 6.70. The molecular formula is C17H14N2O6S. The number of hydrogen-bond donors (Lipinski definition) is 0. The Kier molecular flexibility index (Phi) is 4.58. The second-order valence-electron chi connectivity index (χ2n) is 5.49. The number of likely N-dealkylation sites (N-methyl/N-ethyl adjacent to an activating group) is 1. The molecule has 0 saturated heterocycles. The lowest BCUT2D eigenvalue weighted by Gasteiger charge is -2.18. The minimum Gasteiger partial charge on any atom is -0.328 e. The van der Waals surface area contributed by atoms with E-state index >= 15 is 0 Å². The van der Waals surface area contributed by atoms with Gasteiger partial charge in [0.15, 0.2) is 0 Å². The smallest absolute Gasteiger partial charge is 0.328 e. The van der Waals surface area contributed by atoms with Gasteiger partial charge in [0.05, 0.1) is 16.0 Å². The molecule has 0 fully saturated rings. The molecule has 0 N–H and O–H groups in total. The van der Waals surface area contributed by atoms with E-state index in [4.69, 9.17) is 4.84 Å². The van der Waals surface area contributed by atoms with E-state index in [1.165, 1.54) is 31.3 Å². The molecule has 0 spiro atoms. The van der Waals surface area contributed by atoms with Crippen LogP contribution in [0.15, 0.2) is 59.5 Å². The van der Waals surface area contributed by atoms with Crippen molar-refractivity contribution in [3.8, 4) is 0 Å². The Balaban J connectivity index is 1.70. The minimum atomic E-state index is -3.90. The van der Waals surface area contributed by atoms with Crippen LogP contribution in [0, 0.1) is 0 Å². The molecule has 0 unspecified atom stereocenters. The van der Waals surface area contributed by atoms with E-state index in [9.17, 15) is 22.8 Å². The zero-order valence-corrected chi connectivity index (χ0v) is 14.5. The van der Waals surface area contributed by atoms with Gasteiger partial charge in [0.25, 0.3) is 11.8 Å². The monoisotopic (exact) mass is 374 g/mol. The molecule has 2 aromatic carbocycles. The highest BCUT2D eigenvalue weighted by molar-refractivity contribution is 7.89. The van der Waals surface area contributed by atoms with Crippen molar-refractivity contribution in [2.75, 3.05) is 13.6 Å². The fraction of sp³-hybridized carbons (Fsp3) is 0.118. The molecular weight excluding hydrogens is 360 g/mol. The Morgan fingerprint density at radius 2 is 1.46 bits per heavy atom. The summed E-state index contributed by atoms with van der Waals surface area (Å²) in [5, 5.41) is 0.343. The zero-order valence-electron chi connectivity index (χ0n) is 13.7. The number of rotatable bonds is 5. The molecule has 8 nitrogen and oxygen atoms in total. The third kappa shape index (κ3) is 3.09. The summed E-state index contributed by atoms with van der Waals surface area (Å²) in [7, 11) is -2.70. The van der Waals surface area contributed by atoms with Crippen molar-refractivity contribution < 1.29 is 27.6 Å². The number of carbonyl (C=O) groups is 3. The first kappa shape index (κ1) is 17.8. The normalized spacial score (nSPS) is 13.8. The Bertz CT molecular complexity index is 952. The van der Waals surface area contributed by atoms with Gasteiger partial charge >= 0.3 is 5.97 Å². The number of amides is 2. The van der Waals surface area contributed by atoms with Crippen molar-refractivity contribution in [3.05, 3.63) is 65.7 Å². The van der Waals surface area contributed by atoms with Gasteiger partial charge in [-0.05, 0) is 24.3 Å². The number of nitrogens with zero attached hydrogens (tertiary/aromatic N) is 2. The van der Waals surface area contributed by atoms with Gasteiger partial charge in [-0.1, -0.05) is 35.4 Å². The molecule has 9 heteroatoms. The van der Waals surface area contributed by atoms with Crippen LogP contribution in [0.2, 0.25) is 0 Å². The fourth-order valence-corrected chi connectivity index (χ4v) is 3.56. The van der Waals surface area contributed by atoms with Crippen molar-refractivity contribution in [1.82, 2.24) is 9.37 Å². The summed E-state index contributed by atoms with van der Waals surface area (Å²) < 4.78 is 25.5. The molecule has 1 heterocycles. The van der Waals surface area contributed by atoms with Crippen LogP contribution in [-0.4, -0.2) is 49.2 Å². The summed E-state index contributed by atoms with van der Waals surface area (Å²) >= 11 is 0. The predicted molar refractivity (Wildman–Crippen MR) is 89.3 cm³/mol. The van der Waals surface area contributed by atoms with Gasteiger partial charge in [0.2, 0.25) is 10.0 Å². The fourth-order valence-electron chi connectivity index (χ4n) is 2.42. The number of sulfonamides is 1. The van der Waals surface area contributed by atoms with Crippen molar-refractivity contribution >= 4 is 27.8 Å². The molecule has 0 aromatic heterocycles. The van der Waals surface area contributed by atoms with E-state index < -0.39 is 34.4 Å². The maximum atomic E-state index is 12.4. The van der Waals surface area contributed by atoms with Gasteiger partial charge in [-0.2, -0.15) is 4.31 Å². The van der Waals surface area contributed by atoms with Crippen LogP contribution < -0.4 is 0 Å². The van der Waals surface area contributed by atoms with E-state index in [0.29, 0.717) is 5.06 Å². The Labute approximate surface area is 149 Å². The third-order valence-electron chi connectivity index (χ3n) is 3.75. The third-order valence-corrected chi connectivity index (χ3v) is 5.57. The highest BCUT2D eigenvalue weighted by atomic mass is 32.2. The topological polar surface area (TPSA) is 101 Å². The minimum absolute atomic E-state index is 0.0102. The van der Waals surface area contributed by atoms with Crippen molar-refractivity contribution in [2.24, 2.45) is 0 Å². The largest absolute Gasteiger partial charge is 0.348 e. The van der Waals surface area contributed by atoms with Gasteiger partial charge < -0.3 is 4.84 Å². The van der Waals surface area contributed by atoms with Crippen molar-refractivity contribution in [2.45, 2.75) is 4.90 Å². The Hall–Kier alpha value is -3.04. The van der Waals surface area contributed by atoms with Crippen LogP contribution in [-0.2, 0) is 19.7 Å². The molecule has 0 bridgehead atoms. The number of imide groups is 1. The second-order valence-corrected chi connectivity index (χ2v) is 7.53. The first-order valence-electron chi connectivity index (χ1n) is 7.52. The first-order chi connectivity index (χ1) is 12.3. The van der Waals surface area contributed by atoms with Gasteiger partial charge in [-0.25, -0.2) is 13.2 Å². The number of hydroxylamine groups is 2. The molecule has 0 saturated carbocycles. The molecule has 0 radical (unpaired) electrons. The van der Waals surface area contributed by atoms with Gasteiger partial charge in [0, 0.05) is 7.05 Å². The Morgan fingerprint density at radius 1 is 0.962 bits per heavy atom. The van der Waals surface area contributed by atoms with Crippen LogP contribution in [0.4, 0.5) is 0 Å². The van der Waals surface area contributed by atoms with E-state index in [0.717, 1.165) is 4.31 Å². The molecule has 0 atom stereocenters. The van der Waals surface area contributed by atoms with E-state index in [1.54, 1.807) is 30.3 Å². The van der Waals surface area contributed by atoms with Crippen LogP contribution >= 0.6 is 0 Å². The summed E-state index contributed by atoms with van der Waals surface area (Å²) in [5.74, 6) is -2.60. The molecule has 2 aromatic rings. The van der Waals surface area contributed by atoms with Crippen LogP contribution in [0.1, 0.15) is 20.7 Å². The van der Waals surface area contributed by atoms with E-state index in [1.807, 2.05) is 0 Å². The molecule has 2 amide bonds. The van der Waals surface area contributed by atoms with Gasteiger partial charge in [-0.15, -0.1) is 0 Å². The van der Waals surface area contributed by atoms with Crippen molar-refractivity contribution in [3.63, 3.8) is 0 Å². The predicted octanol–water partition coefficient (Wildman–Crippen LogP) is 1.06. The highest BCUT2D eigenvalue weighted by Crippen LogP contribution is 2.23. The summed E-state index contributed by atoms with van der Waals surface area (Å²) in [6, 6.07) is 13.6. The molecule has 3 rings (SSSR count). The first-order valence-corrected chi connectivity index (χ1v) is 8.96. The van der Waals surface area contributed by atoms with Crippen molar-refractivity contribution in [1.29, 1.82) is 0 Å². The molecule has 1 aliphatic rings. The maximum Gasteiger partial charge on any atom is 0.348 e. The van der Waals surface area contributed by atoms with Gasteiger partial charge in [-0.3, -0.25) is 9.59 Å². The molecule has 1 aliphatic heterocycles. The van der Waals surface area contributed by atoms with E-state index in [2.05, 4.69) is 0 Å². The average molecular weight is 374 g/mol. The van der Waals surface area contributed by atoms with Crippen LogP contribution in [0.3, 0.4) is 0 Å². The molecule has 0 aliphatic carbocycles. The summed E-state index contributed by atoms with van der Waals surface area (Å²) in [5.41, 5.74) is 0.242. The Morgan fingerprint density at radius 3 is 2.00 bits per heavy atom. The number of fused-ring (bicyclic) bond motifs is 1. The molecule has 26 heavy (non-hydrogen) atoms. The van der Waals surface area contributed by atoms with Crippen LogP contribution in [0.5, 0.6) is 0 Å². The average Bonchev–Trinajstić information content (AvgIpc) is 2.87. The lowest BCUT2D eigenvalue weighted by molar-refractivity contribution is -0.168. The lowest BCUT2D eigenvalue weighted by Crippen LogP contribution is -2.38. The number of hydrogen-bond acceptors (Lipinski definition) is 6. The quantitative estimate of drug-likeness (QED) is 0.726. The lowest BCUT2D eigenvalue weighted by atomic mass is 10.1. The zero-order chi connectivity index (χ0) is 18.9. The summed E-state index contributed by atoms with van der Waals surface area (Å²) in [6.45, 7) is -0.662. The molecule has 134 valence electrons. The highest BCUT2D eigenvalue weighted by Gasteiger charge is 2.39. The summed E-state index contributed by atoms with van der Waals surface area (Å²) in [6.07, 6.45) is 0. The van der Waals surface area contributed by atoms with Crippen LogP contribution in [0.25, 0.3) is 0 Å². The number of carbonyl (C=O) groups excluding carboxylic acids is 3. The maximum absolute atomic E-state index is 12.4. The SMILES string of the molecule is CN(CC(=O)ON1C(=O)c2ccccc2C1=O)S(=O)(=O)c1ccccc1. The van der Waals surface area contributed by atoms with E-state index in [-0.39, 0.29) is 16.0 Å². The van der Waals surface area contributed by atoms with Gasteiger partial charge in [0.1, 0.15) is 6.54 Å².